The number of aryl methyl sites for hydroxylation is 1. The van der Waals surface area contributed by atoms with E-state index in [4.69, 9.17) is 4.74 Å². The highest BCUT2D eigenvalue weighted by molar-refractivity contribution is 5.80. The molecule has 24 heavy (non-hydrogen) atoms. The second-order valence-corrected chi connectivity index (χ2v) is 6.21. The number of halogens is 1. The molecule has 0 unspecified atom stereocenters. The molecule has 0 aliphatic heterocycles. The Morgan fingerprint density at radius 1 is 1.17 bits per heavy atom. The Hall–Kier alpha value is -2.36. The molecule has 0 spiro atoms. The van der Waals surface area contributed by atoms with E-state index in [1.165, 1.54) is 36.1 Å². The number of carbonyl (C=O) groups is 1. The van der Waals surface area contributed by atoms with Crippen LogP contribution in [0.5, 0.6) is 5.75 Å². The lowest BCUT2D eigenvalue weighted by Crippen LogP contribution is -2.36. The Labute approximate surface area is 141 Å². The van der Waals surface area contributed by atoms with Gasteiger partial charge in [-0.25, -0.2) is 4.39 Å². The van der Waals surface area contributed by atoms with Crippen LogP contribution in [0.15, 0.2) is 42.5 Å². The van der Waals surface area contributed by atoms with Crippen LogP contribution in [0.1, 0.15) is 36.5 Å². The number of hydrogen-bond donors (Lipinski definition) is 1. The van der Waals surface area contributed by atoms with E-state index in [0.717, 1.165) is 24.2 Å². The van der Waals surface area contributed by atoms with E-state index >= 15 is 0 Å². The average Bonchev–Trinajstić information content (AvgIpc) is 2.61. The lowest BCUT2D eigenvalue weighted by atomic mass is 9.91. The zero-order valence-electron chi connectivity index (χ0n) is 13.8. The van der Waals surface area contributed by atoms with Gasteiger partial charge in [0.1, 0.15) is 11.6 Å². The minimum absolute atomic E-state index is 0.173. The molecule has 126 valence electrons. The Morgan fingerprint density at radius 3 is 2.71 bits per heavy atom. The Kier molecular flexibility index (Phi) is 5.14. The van der Waals surface area contributed by atoms with Gasteiger partial charge in [0, 0.05) is 6.54 Å². The first-order valence-corrected chi connectivity index (χ1v) is 8.43. The third-order valence-electron chi connectivity index (χ3n) is 4.41. The fourth-order valence-corrected chi connectivity index (χ4v) is 3.04. The predicted octanol–water partition coefficient (Wildman–Crippen LogP) is 3.79. The van der Waals surface area contributed by atoms with Crippen molar-refractivity contribution in [3.05, 3.63) is 65.0 Å². The van der Waals surface area contributed by atoms with Crippen molar-refractivity contribution < 1.29 is 13.9 Å². The summed E-state index contributed by atoms with van der Waals surface area (Å²) in [5.74, 6) is 0.361. The van der Waals surface area contributed by atoms with Crippen LogP contribution < -0.4 is 10.1 Å². The minimum atomic E-state index is -0.570. The van der Waals surface area contributed by atoms with E-state index in [1.54, 1.807) is 19.1 Å². The van der Waals surface area contributed by atoms with Crippen molar-refractivity contribution in [2.45, 2.75) is 45.3 Å². The summed E-state index contributed by atoms with van der Waals surface area (Å²) in [5.41, 5.74) is 3.42. The van der Waals surface area contributed by atoms with Crippen molar-refractivity contribution >= 4 is 5.91 Å². The lowest BCUT2D eigenvalue weighted by molar-refractivity contribution is -0.127. The van der Waals surface area contributed by atoms with E-state index in [9.17, 15) is 9.18 Å². The summed E-state index contributed by atoms with van der Waals surface area (Å²) in [5, 5.41) is 2.83. The van der Waals surface area contributed by atoms with Gasteiger partial charge in [-0.3, -0.25) is 4.79 Å². The second kappa shape index (κ2) is 7.47. The molecule has 0 saturated heterocycles. The Bertz CT molecular complexity index is 712. The number of carbonyl (C=O) groups excluding carboxylic acids is 1. The summed E-state index contributed by atoms with van der Waals surface area (Å²) in [6, 6.07) is 12.2. The van der Waals surface area contributed by atoms with Gasteiger partial charge in [-0.05, 0) is 67.5 Å². The van der Waals surface area contributed by atoms with Gasteiger partial charge < -0.3 is 10.1 Å². The van der Waals surface area contributed by atoms with Crippen molar-refractivity contribution in [1.82, 2.24) is 5.32 Å². The van der Waals surface area contributed by atoms with Gasteiger partial charge in [-0.15, -0.1) is 0 Å². The largest absolute Gasteiger partial charge is 0.481 e. The predicted molar refractivity (Wildman–Crippen MR) is 91.4 cm³/mol. The molecule has 1 atom stereocenters. The van der Waals surface area contributed by atoms with Crippen LogP contribution in [0.4, 0.5) is 4.39 Å². The molecule has 0 bridgehead atoms. The van der Waals surface area contributed by atoms with Crippen LogP contribution in [0.25, 0.3) is 0 Å². The Balaban J connectivity index is 1.59. The van der Waals surface area contributed by atoms with Crippen LogP contribution in [0, 0.1) is 5.82 Å². The number of ether oxygens (including phenoxy) is 1. The molecule has 4 heteroatoms. The first-order valence-electron chi connectivity index (χ1n) is 8.43. The monoisotopic (exact) mass is 327 g/mol. The van der Waals surface area contributed by atoms with Crippen LogP contribution in [-0.2, 0) is 24.2 Å². The van der Waals surface area contributed by atoms with Crippen molar-refractivity contribution in [1.29, 1.82) is 0 Å². The van der Waals surface area contributed by atoms with Crippen molar-refractivity contribution in [3.8, 4) is 5.75 Å². The second-order valence-electron chi connectivity index (χ2n) is 6.21. The van der Waals surface area contributed by atoms with E-state index in [2.05, 4.69) is 11.4 Å². The molecule has 1 aliphatic carbocycles. The number of amides is 1. The smallest absolute Gasteiger partial charge is 0.261 e. The molecule has 2 aromatic rings. The normalized spacial score (nSPS) is 14.6. The van der Waals surface area contributed by atoms with E-state index in [-0.39, 0.29) is 11.7 Å². The summed E-state index contributed by atoms with van der Waals surface area (Å²) in [6.07, 6.45) is 3.90. The van der Waals surface area contributed by atoms with Crippen LogP contribution in [0.3, 0.4) is 0 Å². The van der Waals surface area contributed by atoms with Crippen LogP contribution in [0.2, 0.25) is 0 Å². The third kappa shape index (κ3) is 3.94. The Morgan fingerprint density at radius 2 is 1.92 bits per heavy atom. The molecule has 3 rings (SSSR count). The van der Waals surface area contributed by atoms with Gasteiger partial charge in [-0.1, -0.05) is 24.3 Å². The molecule has 2 aromatic carbocycles. The van der Waals surface area contributed by atoms with Gasteiger partial charge in [0.05, 0.1) is 0 Å². The molecule has 0 saturated carbocycles. The standard InChI is InChI=1S/C20H22FNO2/c1-14(20(23)22-13-15-9-11-17(21)12-10-15)24-19-8-4-6-16-5-2-3-7-18(16)19/h4,6,8-12,14H,2-3,5,7,13H2,1H3,(H,22,23)/t14-/m0/s1. The topological polar surface area (TPSA) is 38.3 Å². The maximum atomic E-state index is 12.9. The highest BCUT2D eigenvalue weighted by atomic mass is 19.1. The maximum absolute atomic E-state index is 12.9. The summed E-state index contributed by atoms with van der Waals surface area (Å²) in [6.45, 7) is 2.11. The van der Waals surface area contributed by atoms with Gasteiger partial charge in [0.25, 0.3) is 5.91 Å². The highest BCUT2D eigenvalue weighted by Gasteiger charge is 2.19. The third-order valence-corrected chi connectivity index (χ3v) is 4.41. The quantitative estimate of drug-likeness (QED) is 0.907. The first-order chi connectivity index (χ1) is 11.6. The van der Waals surface area contributed by atoms with Gasteiger partial charge in [-0.2, -0.15) is 0 Å². The van der Waals surface area contributed by atoms with Crippen molar-refractivity contribution in [2.24, 2.45) is 0 Å². The molecule has 3 nitrogen and oxygen atoms in total. The average molecular weight is 327 g/mol. The van der Waals surface area contributed by atoms with Crippen LogP contribution >= 0.6 is 0 Å². The number of rotatable bonds is 5. The molecule has 0 fully saturated rings. The molecular formula is C20H22FNO2. The van der Waals surface area contributed by atoms with Gasteiger partial charge in [0.2, 0.25) is 0 Å². The zero-order valence-corrected chi connectivity index (χ0v) is 13.8. The molecule has 0 aromatic heterocycles. The molecule has 0 radical (unpaired) electrons. The van der Waals surface area contributed by atoms with E-state index < -0.39 is 6.10 Å². The number of fused-ring (bicyclic) bond motifs is 1. The van der Waals surface area contributed by atoms with Gasteiger partial charge in [0.15, 0.2) is 6.10 Å². The molecular weight excluding hydrogens is 305 g/mol. The summed E-state index contributed by atoms with van der Waals surface area (Å²) in [4.78, 5) is 12.2. The maximum Gasteiger partial charge on any atom is 0.261 e. The summed E-state index contributed by atoms with van der Waals surface area (Å²) >= 11 is 0. The SMILES string of the molecule is C[C@H](Oc1cccc2c1CCCC2)C(=O)NCc1ccc(F)cc1. The van der Waals surface area contributed by atoms with Gasteiger partial charge >= 0.3 is 0 Å². The zero-order chi connectivity index (χ0) is 16.9. The lowest BCUT2D eigenvalue weighted by Gasteiger charge is -2.22. The fourth-order valence-electron chi connectivity index (χ4n) is 3.04. The van der Waals surface area contributed by atoms with Crippen LogP contribution in [-0.4, -0.2) is 12.0 Å². The molecule has 1 amide bonds. The fraction of sp³-hybridized carbons (Fsp3) is 0.350. The highest BCUT2D eigenvalue weighted by Crippen LogP contribution is 2.30. The van der Waals surface area contributed by atoms with E-state index in [0.29, 0.717) is 6.54 Å². The minimum Gasteiger partial charge on any atom is -0.481 e. The molecule has 1 N–H and O–H groups in total. The number of hydrogen-bond acceptors (Lipinski definition) is 2. The first kappa shape index (κ1) is 16.5. The number of nitrogens with one attached hydrogen (secondary N) is 1. The van der Waals surface area contributed by atoms with Crippen molar-refractivity contribution in [3.63, 3.8) is 0 Å². The van der Waals surface area contributed by atoms with Crippen molar-refractivity contribution in [2.75, 3.05) is 0 Å². The summed E-state index contributed by atoms with van der Waals surface area (Å²) in [7, 11) is 0. The number of benzene rings is 2. The van der Waals surface area contributed by atoms with E-state index in [1.807, 2.05) is 12.1 Å². The molecule has 0 heterocycles. The summed E-state index contributed by atoms with van der Waals surface area (Å²) < 4.78 is 18.8. The molecule has 1 aliphatic rings.